The lowest BCUT2D eigenvalue weighted by molar-refractivity contribution is -0.164. The van der Waals surface area contributed by atoms with E-state index in [1.165, 1.54) is 17.7 Å². The number of esters is 1. The zero-order chi connectivity index (χ0) is 46.9. The van der Waals surface area contributed by atoms with Crippen LogP contribution in [0, 0.1) is 5.92 Å². The number of carbonyl (C=O) groups excluding carboxylic acids is 3. The molecule has 1 saturated carbocycles. The lowest BCUT2D eigenvalue weighted by atomic mass is 9.86. The van der Waals surface area contributed by atoms with Crippen LogP contribution in [-0.4, -0.2) is 87.9 Å². The number of aliphatic hydroxyl groups excluding tert-OH is 1. The fourth-order valence-corrected chi connectivity index (χ4v) is 9.35. The predicted octanol–water partition coefficient (Wildman–Crippen LogP) is 5.97. The second-order valence-corrected chi connectivity index (χ2v) is 18.2. The number of pyridine rings is 1. The van der Waals surface area contributed by atoms with Gasteiger partial charge in [0.1, 0.15) is 11.5 Å². The lowest BCUT2D eigenvalue weighted by Crippen LogP contribution is -2.54. The van der Waals surface area contributed by atoms with Gasteiger partial charge in [0, 0.05) is 53.2 Å². The highest BCUT2D eigenvalue weighted by Gasteiger charge is 2.42. The minimum absolute atomic E-state index is 0.0783. The van der Waals surface area contributed by atoms with Crippen molar-refractivity contribution >= 4 is 44.6 Å². The van der Waals surface area contributed by atoms with Crippen LogP contribution in [0.1, 0.15) is 70.0 Å². The Bertz CT molecular complexity index is 2740. The fourth-order valence-electron chi connectivity index (χ4n) is 8.74. The summed E-state index contributed by atoms with van der Waals surface area (Å²) in [6.07, 6.45) is 1.93. The Morgan fingerprint density at radius 2 is 1.54 bits per heavy atom. The van der Waals surface area contributed by atoms with Crippen molar-refractivity contribution in [2.45, 2.75) is 62.6 Å². The Balaban J connectivity index is 0.774. The number of halogens is 1. The van der Waals surface area contributed by atoms with Crippen LogP contribution in [0.2, 0.25) is 0 Å². The molecule has 348 valence electrons. The third-order valence-corrected chi connectivity index (χ3v) is 13.2. The summed E-state index contributed by atoms with van der Waals surface area (Å²) < 4.78 is 12.3. The number of ether oxygens (including phenoxy) is 2. The first-order chi connectivity index (χ1) is 32.4. The number of likely N-dealkylation sites (tertiary alicyclic amines) is 1. The number of phenolic OH excluding ortho intramolecular Hbond substituents is 1. The van der Waals surface area contributed by atoms with E-state index in [2.05, 4.69) is 53.9 Å². The molecule has 2 atom stereocenters. The quantitative estimate of drug-likeness (QED) is 0.0501. The highest BCUT2D eigenvalue weighted by Crippen LogP contribution is 2.34. The Kier molecular flexibility index (Phi) is 15.1. The van der Waals surface area contributed by atoms with E-state index in [1.54, 1.807) is 72.8 Å². The fraction of sp³-hybridized carbons (Fsp3) is 0.308. The summed E-state index contributed by atoms with van der Waals surface area (Å²) in [7, 11) is 0. The normalized spacial score (nSPS) is 17.7. The number of H-pyrrole nitrogens is 1. The Morgan fingerprint density at radius 1 is 0.821 bits per heavy atom. The van der Waals surface area contributed by atoms with Crippen molar-refractivity contribution in [2.75, 3.05) is 32.8 Å². The highest BCUT2D eigenvalue weighted by atomic mass is 79.9. The second-order valence-electron chi connectivity index (χ2n) is 17.3. The molecule has 14 nitrogen and oxygen atoms in total. The summed E-state index contributed by atoms with van der Waals surface area (Å²) in [6, 6.07) is 36.6. The molecule has 0 bridgehead atoms. The van der Waals surface area contributed by atoms with Gasteiger partial charge < -0.3 is 45.7 Å². The van der Waals surface area contributed by atoms with E-state index in [0.29, 0.717) is 51.7 Å². The first-order valence-electron chi connectivity index (χ1n) is 22.5. The number of aromatic hydroxyl groups is 1. The van der Waals surface area contributed by atoms with E-state index in [4.69, 9.17) is 9.47 Å². The summed E-state index contributed by atoms with van der Waals surface area (Å²) in [6.45, 7) is 3.18. The first-order valence-corrected chi connectivity index (χ1v) is 23.3. The molecule has 0 unspecified atom stereocenters. The van der Waals surface area contributed by atoms with Gasteiger partial charge in [0.2, 0.25) is 11.2 Å². The van der Waals surface area contributed by atoms with Gasteiger partial charge in [-0.05, 0) is 119 Å². The summed E-state index contributed by atoms with van der Waals surface area (Å²) >= 11 is 3.52. The van der Waals surface area contributed by atoms with E-state index < -0.39 is 17.7 Å². The molecule has 2 heterocycles. The van der Waals surface area contributed by atoms with Gasteiger partial charge in [0.25, 0.3) is 11.8 Å². The average Bonchev–Trinajstić information content (AvgIpc) is 3.33. The maximum absolute atomic E-state index is 13.9. The molecule has 1 saturated heterocycles. The summed E-state index contributed by atoms with van der Waals surface area (Å²) in [5.74, 6) is -0.984. The topological polar surface area (TPSA) is 203 Å². The van der Waals surface area contributed by atoms with Crippen LogP contribution in [0.3, 0.4) is 0 Å². The van der Waals surface area contributed by atoms with E-state index >= 15 is 0 Å². The van der Waals surface area contributed by atoms with Gasteiger partial charge in [-0.15, -0.1) is 0 Å². The molecule has 1 aliphatic carbocycles. The van der Waals surface area contributed by atoms with Crippen molar-refractivity contribution in [3.8, 4) is 11.5 Å². The number of piperidine rings is 1. The molecule has 1 aromatic heterocycles. The van der Waals surface area contributed by atoms with E-state index in [1.807, 2.05) is 30.3 Å². The van der Waals surface area contributed by atoms with Crippen molar-refractivity contribution in [2.24, 2.45) is 5.92 Å². The third kappa shape index (κ3) is 11.6. The zero-order valence-corrected chi connectivity index (χ0v) is 38.4. The molecule has 7 N–H and O–H groups in total. The summed E-state index contributed by atoms with van der Waals surface area (Å²) in [5.41, 5.74) is 1.57. The van der Waals surface area contributed by atoms with Crippen LogP contribution >= 0.6 is 15.9 Å². The van der Waals surface area contributed by atoms with E-state index in [0.717, 1.165) is 38.0 Å². The highest BCUT2D eigenvalue weighted by molar-refractivity contribution is 9.10. The minimum atomic E-state index is -2.11. The van der Waals surface area contributed by atoms with Gasteiger partial charge in [-0.25, -0.2) is 4.79 Å². The molecule has 0 spiro atoms. The molecule has 0 radical (unpaired) electrons. The van der Waals surface area contributed by atoms with E-state index in [-0.39, 0.29) is 72.0 Å². The van der Waals surface area contributed by atoms with Crippen molar-refractivity contribution in [3.63, 3.8) is 0 Å². The van der Waals surface area contributed by atoms with E-state index in [9.17, 15) is 34.5 Å². The Hall–Kier alpha value is -6.36. The van der Waals surface area contributed by atoms with Gasteiger partial charge in [-0.1, -0.05) is 84.9 Å². The van der Waals surface area contributed by atoms with Crippen molar-refractivity contribution in [3.05, 3.63) is 176 Å². The predicted molar refractivity (Wildman–Crippen MR) is 256 cm³/mol. The molecule has 67 heavy (non-hydrogen) atoms. The molecule has 15 heteroatoms. The largest absolute Gasteiger partial charge is 0.506 e. The molecular formula is C52H54BrN5O9. The lowest BCUT2D eigenvalue weighted by Gasteiger charge is -2.36. The smallest absolute Gasteiger partial charge is 0.347 e. The molecule has 2 aliphatic rings. The number of hydrogen-bond acceptors (Lipinski definition) is 11. The number of fused-ring (bicyclic) bond motifs is 1. The average molecular weight is 973 g/mol. The third-order valence-electron chi connectivity index (χ3n) is 12.6. The number of carbonyl (C=O) groups is 3. The van der Waals surface area contributed by atoms with Crippen LogP contribution < -0.4 is 26.2 Å². The number of nitrogens with zero attached hydrogens (tertiary/aromatic N) is 1. The maximum Gasteiger partial charge on any atom is 0.347 e. The second kappa shape index (κ2) is 21.5. The van der Waals surface area contributed by atoms with Gasteiger partial charge in [-0.3, -0.25) is 19.3 Å². The molecule has 8 rings (SSSR count). The standard InChI is InChI=1S/C52H54BrN5O9/c53-44-24-35(28-54-29-46(60)41-16-18-45(59)49-42(41)17-19-47(61)57-49)14-15-43(44)50(63)56-39-26-38(27-39)55-48(62)32-66-40-13-7-12-37(25-40)52(65,36-10-5-2-6-11-36)51(64)67-31-34-20-22-58(23-21-34)30-33-8-3-1-4-9-33/h1-19,24-25,34,38-39,46,54,59-60,65H,20-23,26-32H2,(H,55,62)(H,56,63)(H,57,61)/t38-,39-,46-,52-/m0/s1. The molecular weight excluding hydrogens is 919 g/mol. The molecule has 5 aromatic carbocycles. The summed E-state index contributed by atoms with van der Waals surface area (Å²) in [5, 5.41) is 42.9. The Labute approximate surface area is 396 Å². The van der Waals surface area contributed by atoms with Gasteiger partial charge in [0.05, 0.1) is 23.8 Å². The van der Waals surface area contributed by atoms with Gasteiger partial charge in [0.15, 0.2) is 6.61 Å². The van der Waals surface area contributed by atoms with Crippen LogP contribution in [-0.2, 0) is 33.0 Å². The van der Waals surface area contributed by atoms with Gasteiger partial charge >= 0.3 is 5.97 Å². The van der Waals surface area contributed by atoms with Crippen LogP contribution in [0.4, 0.5) is 0 Å². The monoisotopic (exact) mass is 971 g/mol. The number of rotatable bonds is 18. The summed E-state index contributed by atoms with van der Waals surface area (Å²) in [4.78, 5) is 56.8. The molecule has 2 fully saturated rings. The molecule has 6 aromatic rings. The van der Waals surface area contributed by atoms with Crippen LogP contribution in [0.15, 0.2) is 137 Å². The van der Waals surface area contributed by atoms with Gasteiger partial charge in [-0.2, -0.15) is 0 Å². The Morgan fingerprint density at radius 3 is 2.28 bits per heavy atom. The van der Waals surface area contributed by atoms with Crippen molar-refractivity contribution in [1.82, 2.24) is 25.8 Å². The first kappa shape index (κ1) is 47.1. The zero-order valence-electron chi connectivity index (χ0n) is 36.8. The number of aromatic nitrogens is 1. The van der Waals surface area contributed by atoms with Crippen LogP contribution in [0.25, 0.3) is 10.9 Å². The minimum Gasteiger partial charge on any atom is -0.506 e. The molecule has 1 aliphatic heterocycles. The number of aromatic amines is 1. The van der Waals surface area contributed by atoms with Crippen molar-refractivity contribution < 1.29 is 39.2 Å². The SMILES string of the molecule is O=C(COc1cccc([C@](O)(C(=O)OCC2CCN(Cc3ccccc3)CC2)c2ccccc2)c1)N[C@H]1C[C@H](NC(=O)c2ccc(CNC[C@H](O)c3ccc(O)c4[nH]c(=O)ccc34)cc2Br)C1. The number of phenols is 1. The maximum atomic E-state index is 13.9. The molecule has 2 amide bonds. The number of benzene rings is 5. The number of nitrogens with one attached hydrogen (secondary N) is 4. The van der Waals surface area contributed by atoms with Crippen LogP contribution in [0.5, 0.6) is 11.5 Å². The number of hydrogen-bond donors (Lipinski definition) is 7. The number of aliphatic hydroxyl groups is 2. The number of amides is 2. The van der Waals surface area contributed by atoms with Crippen molar-refractivity contribution in [1.29, 1.82) is 0 Å².